The van der Waals surface area contributed by atoms with Crippen molar-refractivity contribution in [1.29, 1.82) is 0 Å². The van der Waals surface area contributed by atoms with Gasteiger partial charge in [-0.25, -0.2) is 0 Å². The third-order valence-corrected chi connectivity index (χ3v) is 3.27. The minimum Gasteiger partial charge on any atom is -0.363 e. The molecule has 0 fully saturated rings. The number of nitrogens with zero attached hydrogens (tertiary/aromatic N) is 1. The Bertz CT molecular complexity index is 411. The number of thioether (sulfide) groups is 1. The average molecular weight is 286 g/mol. The van der Waals surface area contributed by atoms with E-state index in [-0.39, 0.29) is 18.3 Å². The standard InChI is InChI=1S/C12H15N3OS.ClH/c16-11(9-17-12-13-6-7-14-12)15-8-10-4-2-1-3-5-10;/h1-5H,6-9H2,(H,13,14)(H,15,16);1H. The summed E-state index contributed by atoms with van der Waals surface area (Å²) in [4.78, 5) is 15.8. The zero-order chi connectivity index (χ0) is 11.9. The van der Waals surface area contributed by atoms with Gasteiger partial charge in [0, 0.05) is 13.1 Å². The fourth-order valence-corrected chi connectivity index (χ4v) is 2.21. The van der Waals surface area contributed by atoms with Crippen LogP contribution < -0.4 is 10.6 Å². The molecule has 6 heteroatoms. The molecule has 2 N–H and O–H groups in total. The molecule has 1 aliphatic rings. The third-order valence-electron chi connectivity index (χ3n) is 2.32. The van der Waals surface area contributed by atoms with Crippen LogP contribution in [-0.2, 0) is 11.3 Å². The van der Waals surface area contributed by atoms with Gasteiger partial charge in [0.1, 0.15) is 0 Å². The summed E-state index contributed by atoms with van der Waals surface area (Å²) in [5, 5.41) is 6.87. The lowest BCUT2D eigenvalue weighted by atomic mass is 10.2. The molecular formula is C12H16ClN3OS. The minimum absolute atomic E-state index is 0. The van der Waals surface area contributed by atoms with Crippen molar-refractivity contribution in [2.45, 2.75) is 6.54 Å². The van der Waals surface area contributed by atoms with Crippen LogP contribution in [0.4, 0.5) is 0 Å². The molecule has 0 spiro atoms. The highest BCUT2D eigenvalue weighted by Gasteiger charge is 2.08. The first-order chi connectivity index (χ1) is 8.34. The van der Waals surface area contributed by atoms with Crippen LogP contribution >= 0.6 is 24.2 Å². The van der Waals surface area contributed by atoms with Gasteiger partial charge in [0.2, 0.25) is 5.91 Å². The molecule has 1 aliphatic heterocycles. The van der Waals surface area contributed by atoms with E-state index in [2.05, 4.69) is 15.6 Å². The van der Waals surface area contributed by atoms with Crippen molar-refractivity contribution in [2.75, 3.05) is 18.8 Å². The molecule has 1 amide bonds. The first-order valence-corrected chi connectivity index (χ1v) is 6.55. The van der Waals surface area contributed by atoms with E-state index >= 15 is 0 Å². The van der Waals surface area contributed by atoms with Gasteiger partial charge >= 0.3 is 0 Å². The SMILES string of the molecule is Cl.O=C(CSC1=NCCN1)NCc1ccccc1. The zero-order valence-electron chi connectivity index (χ0n) is 9.89. The number of benzene rings is 1. The summed E-state index contributed by atoms with van der Waals surface area (Å²) in [6, 6.07) is 9.89. The van der Waals surface area contributed by atoms with Gasteiger partial charge in [0.05, 0.1) is 12.3 Å². The first kappa shape index (κ1) is 14.9. The van der Waals surface area contributed by atoms with Crippen molar-refractivity contribution in [1.82, 2.24) is 10.6 Å². The largest absolute Gasteiger partial charge is 0.363 e. The smallest absolute Gasteiger partial charge is 0.230 e. The number of carbonyl (C=O) groups is 1. The Labute approximate surface area is 117 Å². The number of carbonyl (C=O) groups excluding carboxylic acids is 1. The monoisotopic (exact) mass is 285 g/mol. The van der Waals surface area contributed by atoms with Gasteiger partial charge < -0.3 is 10.6 Å². The van der Waals surface area contributed by atoms with E-state index in [0.717, 1.165) is 23.8 Å². The molecule has 0 aliphatic carbocycles. The van der Waals surface area contributed by atoms with Crippen LogP contribution in [0.2, 0.25) is 0 Å². The van der Waals surface area contributed by atoms with E-state index in [9.17, 15) is 4.79 Å². The van der Waals surface area contributed by atoms with Gasteiger partial charge in [-0.1, -0.05) is 42.1 Å². The number of amides is 1. The van der Waals surface area contributed by atoms with Gasteiger partial charge in [-0.15, -0.1) is 12.4 Å². The second-order valence-electron chi connectivity index (χ2n) is 3.66. The number of aliphatic imine (C=N–C) groups is 1. The molecule has 18 heavy (non-hydrogen) atoms. The van der Waals surface area contributed by atoms with Crippen molar-refractivity contribution < 1.29 is 4.79 Å². The fourth-order valence-electron chi connectivity index (χ4n) is 1.45. The molecule has 1 aromatic carbocycles. The summed E-state index contributed by atoms with van der Waals surface area (Å²) in [5.41, 5.74) is 1.11. The summed E-state index contributed by atoms with van der Waals surface area (Å²) in [7, 11) is 0. The molecule has 0 bridgehead atoms. The zero-order valence-corrected chi connectivity index (χ0v) is 11.5. The summed E-state index contributed by atoms with van der Waals surface area (Å²) in [5.74, 6) is 0.453. The highest BCUT2D eigenvalue weighted by atomic mass is 35.5. The van der Waals surface area contributed by atoms with Gasteiger partial charge in [-0.3, -0.25) is 9.79 Å². The molecule has 0 atom stereocenters. The lowest BCUT2D eigenvalue weighted by Crippen LogP contribution is -2.26. The Balaban J connectivity index is 0.00000162. The fraction of sp³-hybridized carbons (Fsp3) is 0.333. The predicted octanol–water partition coefficient (Wildman–Crippen LogP) is 1.42. The van der Waals surface area contributed by atoms with Crippen LogP contribution in [0.25, 0.3) is 0 Å². The Morgan fingerprint density at radius 3 is 2.83 bits per heavy atom. The molecule has 0 radical (unpaired) electrons. The Morgan fingerprint density at radius 1 is 1.39 bits per heavy atom. The molecule has 0 saturated heterocycles. The van der Waals surface area contributed by atoms with Gasteiger partial charge in [0.15, 0.2) is 5.17 Å². The maximum Gasteiger partial charge on any atom is 0.230 e. The van der Waals surface area contributed by atoms with Crippen LogP contribution in [0.3, 0.4) is 0 Å². The maximum absolute atomic E-state index is 11.6. The Hall–Kier alpha value is -1.20. The normalized spacial score (nSPS) is 13.2. The van der Waals surface area contributed by atoms with Crippen LogP contribution in [0.5, 0.6) is 0 Å². The van der Waals surface area contributed by atoms with Crippen molar-refractivity contribution >= 4 is 35.2 Å². The lowest BCUT2D eigenvalue weighted by molar-refractivity contribution is -0.118. The van der Waals surface area contributed by atoms with E-state index in [1.54, 1.807) is 0 Å². The van der Waals surface area contributed by atoms with E-state index in [1.807, 2.05) is 30.3 Å². The molecule has 1 aromatic rings. The molecule has 0 unspecified atom stereocenters. The predicted molar refractivity (Wildman–Crippen MR) is 78.3 cm³/mol. The number of nitrogens with one attached hydrogen (secondary N) is 2. The van der Waals surface area contributed by atoms with E-state index in [1.165, 1.54) is 11.8 Å². The summed E-state index contributed by atoms with van der Waals surface area (Å²) in [6.07, 6.45) is 0. The van der Waals surface area contributed by atoms with Crippen LogP contribution in [0.1, 0.15) is 5.56 Å². The molecular weight excluding hydrogens is 270 g/mol. The topological polar surface area (TPSA) is 53.5 Å². The number of rotatable bonds is 4. The van der Waals surface area contributed by atoms with Crippen molar-refractivity contribution in [3.05, 3.63) is 35.9 Å². The lowest BCUT2D eigenvalue weighted by Gasteiger charge is -2.05. The number of amidine groups is 1. The first-order valence-electron chi connectivity index (χ1n) is 5.56. The highest BCUT2D eigenvalue weighted by Crippen LogP contribution is 2.05. The Kier molecular flexibility index (Phi) is 6.60. The maximum atomic E-state index is 11.6. The molecule has 0 aromatic heterocycles. The number of hydrogen-bond donors (Lipinski definition) is 2. The second kappa shape index (κ2) is 8.00. The van der Waals surface area contributed by atoms with Crippen molar-refractivity contribution in [2.24, 2.45) is 4.99 Å². The van der Waals surface area contributed by atoms with E-state index in [0.29, 0.717) is 12.3 Å². The highest BCUT2D eigenvalue weighted by molar-refractivity contribution is 8.14. The van der Waals surface area contributed by atoms with Gasteiger partial charge in [-0.2, -0.15) is 0 Å². The van der Waals surface area contributed by atoms with Gasteiger partial charge in [0.25, 0.3) is 0 Å². The number of halogens is 1. The molecule has 1 heterocycles. The minimum atomic E-state index is 0. The second-order valence-corrected chi connectivity index (χ2v) is 4.63. The third kappa shape index (κ3) is 4.98. The van der Waals surface area contributed by atoms with Crippen LogP contribution in [0.15, 0.2) is 35.3 Å². The quantitative estimate of drug-likeness (QED) is 0.880. The van der Waals surface area contributed by atoms with E-state index in [4.69, 9.17) is 0 Å². The molecule has 0 saturated carbocycles. The van der Waals surface area contributed by atoms with Crippen LogP contribution in [0, 0.1) is 0 Å². The van der Waals surface area contributed by atoms with Crippen molar-refractivity contribution in [3.8, 4) is 0 Å². The van der Waals surface area contributed by atoms with Crippen LogP contribution in [-0.4, -0.2) is 29.9 Å². The number of hydrogen-bond acceptors (Lipinski definition) is 4. The summed E-state index contributed by atoms with van der Waals surface area (Å²) < 4.78 is 0. The van der Waals surface area contributed by atoms with E-state index < -0.39 is 0 Å². The van der Waals surface area contributed by atoms with Crippen molar-refractivity contribution in [3.63, 3.8) is 0 Å². The molecule has 4 nitrogen and oxygen atoms in total. The van der Waals surface area contributed by atoms with Gasteiger partial charge in [-0.05, 0) is 5.56 Å². The summed E-state index contributed by atoms with van der Waals surface area (Å²) in [6.45, 7) is 2.28. The molecule has 98 valence electrons. The molecule has 2 rings (SSSR count). The average Bonchev–Trinajstić information content (AvgIpc) is 2.88. The Morgan fingerprint density at radius 2 is 2.17 bits per heavy atom. The summed E-state index contributed by atoms with van der Waals surface area (Å²) >= 11 is 1.45.